The van der Waals surface area contributed by atoms with Crippen LogP contribution in [-0.4, -0.2) is 10.8 Å². The molecule has 0 aliphatic rings. The van der Waals surface area contributed by atoms with Gasteiger partial charge in [0.2, 0.25) is 0 Å². The third kappa shape index (κ3) is 2.29. The number of hydrogen-bond donors (Lipinski definition) is 1. The lowest BCUT2D eigenvalue weighted by Gasteiger charge is -1.97. The van der Waals surface area contributed by atoms with E-state index in [-0.39, 0.29) is 17.1 Å². The van der Waals surface area contributed by atoms with Gasteiger partial charge in [-0.05, 0) is 24.3 Å². The number of hydrogen-bond acceptors (Lipinski definition) is 5. The lowest BCUT2D eigenvalue weighted by Crippen LogP contribution is -2.12. The van der Waals surface area contributed by atoms with Crippen molar-refractivity contribution < 1.29 is 18.6 Å². The maximum absolute atomic E-state index is 11.3. The lowest BCUT2D eigenvalue weighted by atomic mass is 10.1. The number of rotatable bonds is 4. The molecule has 0 aliphatic carbocycles. The maximum atomic E-state index is 11.3. The van der Waals surface area contributed by atoms with E-state index >= 15 is 0 Å². The normalized spacial score (nSPS) is 11.4. The highest BCUT2D eigenvalue weighted by Gasteiger charge is 2.15. The van der Waals surface area contributed by atoms with Crippen molar-refractivity contribution in [2.45, 2.75) is 0 Å². The molecule has 0 bridgehead atoms. The van der Waals surface area contributed by atoms with E-state index in [4.69, 9.17) is 14.6 Å². The Labute approximate surface area is 101 Å². The van der Waals surface area contributed by atoms with Gasteiger partial charge >= 0.3 is 5.88 Å². The van der Waals surface area contributed by atoms with E-state index in [0.717, 1.165) is 0 Å². The van der Waals surface area contributed by atoms with Gasteiger partial charge in [-0.25, -0.2) is 0 Å². The maximum Gasteiger partial charge on any atom is 0.433 e. The van der Waals surface area contributed by atoms with Crippen LogP contribution in [-0.2, 0) is 4.79 Å². The van der Waals surface area contributed by atoms with E-state index in [9.17, 15) is 14.9 Å². The molecule has 0 atom stereocenters. The van der Waals surface area contributed by atoms with Crippen LogP contribution in [0.4, 0.5) is 5.88 Å². The van der Waals surface area contributed by atoms with E-state index < -0.39 is 16.7 Å². The summed E-state index contributed by atoms with van der Waals surface area (Å²) in [5.74, 6) is -0.720. The molecule has 0 unspecified atom stereocenters. The monoisotopic (exact) mass is 248 g/mol. The lowest BCUT2D eigenvalue weighted by molar-refractivity contribution is -0.402. The molecular weight excluding hydrogens is 240 g/mol. The van der Waals surface area contributed by atoms with Gasteiger partial charge in [0.1, 0.15) is 16.4 Å². The Morgan fingerprint density at radius 1 is 1.39 bits per heavy atom. The first-order chi connectivity index (χ1) is 8.58. The van der Waals surface area contributed by atoms with Crippen molar-refractivity contribution in [1.29, 1.82) is 0 Å². The first-order valence-corrected chi connectivity index (χ1v) is 4.87. The number of furan rings is 2. The third-order valence-corrected chi connectivity index (χ3v) is 2.13. The summed E-state index contributed by atoms with van der Waals surface area (Å²) in [6.45, 7) is 0. The Bertz CT molecular complexity index is 609. The van der Waals surface area contributed by atoms with Crippen molar-refractivity contribution in [3.8, 4) is 0 Å². The minimum atomic E-state index is -0.719. The van der Waals surface area contributed by atoms with Gasteiger partial charge in [0.25, 0.3) is 5.91 Å². The molecule has 2 heterocycles. The molecule has 18 heavy (non-hydrogen) atoms. The van der Waals surface area contributed by atoms with E-state index in [0.29, 0.717) is 0 Å². The second-order valence-corrected chi connectivity index (χ2v) is 3.33. The summed E-state index contributed by atoms with van der Waals surface area (Å²) in [6, 6.07) is 5.70. The molecule has 0 radical (unpaired) electrons. The standard InChI is InChI=1S/C11H8N2O5/c12-11(14)8(9-2-1-5-17-9)6-7-3-4-10(18-7)13(15)16/h1-6H,(H2,12,14). The van der Waals surface area contributed by atoms with Crippen LogP contribution in [0.5, 0.6) is 0 Å². The van der Waals surface area contributed by atoms with E-state index in [2.05, 4.69) is 0 Å². The smallest absolute Gasteiger partial charge is 0.433 e. The largest absolute Gasteiger partial charge is 0.464 e. The van der Waals surface area contributed by atoms with Crippen molar-refractivity contribution in [3.63, 3.8) is 0 Å². The fraction of sp³-hybridized carbons (Fsp3) is 0. The second-order valence-electron chi connectivity index (χ2n) is 3.33. The molecule has 7 heteroatoms. The topological polar surface area (TPSA) is 113 Å². The summed E-state index contributed by atoms with van der Waals surface area (Å²) < 4.78 is 9.94. The predicted molar refractivity (Wildman–Crippen MR) is 61.1 cm³/mol. The molecule has 1 amide bonds. The van der Waals surface area contributed by atoms with Crippen LogP contribution in [0.1, 0.15) is 11.5 Å². The summed E-state index contributed by atoms with van der Waals surface area (Å²) >= 11 is 0. The Kier molecular flexibility index (Phi) is 2.96. The number of carbonyl (C=O) groups excluding carboxylic acids is 1. The van der Waals surface area contributed by atoms with E-state index in [1.54, 1.807) is 12.1 Å². The Hall–Kier alpha value is -2.83. The Morgan fingerprint density at radius 3 is 2.67 bits per heavy atom. The van der Waals surface area contributed by atoms with Gasteiger partial charge in [-0.15, -0.1) is 0 Å². The highest BCUT2D eigenvalue weighted by Crippen LogP contribution is 2.22. The van der Waals surface area contributed by atoms with E-state index in [1.165, 1.54) is 24.5 Å². The van der Waals surface area contributed by atoms with Crippen molar-refractivity contribution in [3.05, 3.63) is 52.2 Å². The zero-order valence-corrected chi connectivity index (χ0v) is 9.03. The number of amides is 1. The van der Waals surface area contributed by atoms with Crippen LogP contribution in [0.15, 0.2) is 39.4 Å². The van der Waals surface area contributed by atoms with E-state index in [1.807, 2.05) is 0 Å². The molecule has 2 rings (SSSR count). The Morgan fingerprint density at radius 2 is 2.17 bits per heavy atom. The number of nitro groups is 1. The molecule has 0 saturated heterocycles. The van der Waals surface area contributed by atoms with Gasteiger partial charge in [-0.2, -0.15) is 0 Å². The van der Waals surface area contributed by atoms with Crippen LogP contribution in [0.25, 0.3) is 11.6 Å². The fourth-order valence-electron chi connectivity index (χ4n) is 1.36. The van der Waals surface area contributed by atoms with Crippen LogP contribution < -0.4 is 5.73 Å². The zero-order chi connectivity index (χ0) is 13.1. The van der Waals surface area contributed by atoms with Gasteiger partial charge in [0.15, 0.2) is 0 Å². The highest BCUT2D eigenvalue weighted by atomic mass is 16.6. The minimum absolute atomic E-state index is 0.0734. The highest BCUT2D eigenvalue weighted by molar-refractivity contribution is 6.22. The van der Waals surface area contributed by atoms with Crippen LogP contribution >= 0.6 is 0 Å². The molecule has 0 aromatic carbocycles. The van der Waals surface area contributed by atoms with Crippen molar-refractivity contribution in [2.24, 2.45) is 5.73 Å². The SMILES string of the molecule is NC(=O)C(=Cc1ccc([N+](=O)[O-])o1)c1ccco1. The summed E-state index contributed by atoms with van der Waals surface area (Å²) in [4.78, 5) is 21.0. The van der Waals surface area contributed by atoms with Crippen LogP contribution in [0.2, 0.25) is 0 Å². The number of primary amides is 1. The third-order valence-electron chi connectivity index (χ3n) is 2.13. The number of nitrogens with zero attached hydrogens (tertiary/aromatic N) is 1. The molecule has 2 aromatic heterocycles. The Balaban J connectivity index is 2.39. The van der Waals surface area contributed by atoms with Gasteiger partial charge in [0, 0.05) is 0 Å². The second kappa shape index (κ2) is 4.58. The molecule has 0 fully saturated rings. The molecule has 0 spiro atoms. The summed E-state index contributed by atoms with van der Waals surface area (Å²) in [5, 5.41) is 10.4. The number of nitrogens with two attached hydrogens (primary N) is 1. The quantitative estimate of drug-likeness (QED) is 0.503. The average Bonchev–Trinajstić information content (AvgIpc) is 2.96. The van der Waals surface area contributed by atoms with Crippen LogP contribution in [0, 0.1) is 10.1 Å². The molecule has 7 nitrogen and oxygen atoms in total. The molecule has 0 saturated carbocycles. The molecule has 2 N–H and O–H groups in total. The minimum Gasteiger partial charge on any atom is -0.464 e. The number of carbonyl (C=O) groups is 1. The average molecular weight is 248 g/mol. The van der Waals surface area contributed by atoms with Gasteiger partial charge in [-0.3, -0.25) is 14.9 Å². The van der Waals surface area contributed by atoms with Crippen LogP contribution in [0.3, 0.4) is 0 Å². The molecular formula is C11H8N2O5. The predicted octanol–water partition coefficient (Wildman–Crippen LogP) is 1.81. The van der Waals surface area contributed by atoms with Gasteiger partial charge < -0.3 is 14.6 Å². The zero-order valence-electron chi connectivity index (χ0n) is 9.03. The van der Waals surface area contributed by atoms with Crippen molar-refractivity contribution >= 4 is 23.4 Å². The molecule has 92 valence electrons. The summed E-state index contributed by atoms with van der Waals surface area (Å²) in [7, 11) is 0. The summed E-state index contributed by atoms with van der Waals surface area (Å²) in [5.41, 5.74) is 5.27. The van der Waals surface area contributed by atoms with Crippen molar-refractivity contribution in [2.75, 3.05) is 0 Å². The summed E-state index contributed by atoms with van der Waals surface area (Å²) in [6.07, 6.45) is 2.67. The van der Waals surface area contributed by atoms with Crippen molar-refractivity contribution in [1.82, 2.24) is 0 Å². The van der Waals surface area contributed by atoms with Gasteiger partial charge in [0.05, 0.1) is 17.9 Å². The first-order valence-electron chi connectivity index (χ1n) is 4.87. The molecule has 0 aliphatic heterocycles. The molecule has 2 aromatic rings. The van der Waals surface area contributed by atoms with Gasteiger partial charge in [-0.1, -0.05) is 0 Å². The fourth-order valence-corrected chi connectivity index (χ4v) is 1.36. The first kappa shape index (κ1) is 11.6.